The standard InChI is InChI=1S/C21H21N3O4/c1-14-8-9-16(12-18(14)25)20(26)22-10-5-11-23-21(27)17-13-19(28-24-17)15-6-3-2-4-7-15/h2-4,6-9,12-13,25H,5,10-11H2,1H3,(H,22,26)(H,23,27). The topological polar surface area (TPSA) is 104 Å². The Labute approximate surface area is 162 Å². The largest absolute Gasteiger partial charge is 0.508 e. The Bertz CT molecular complexity index is 967. The maximum Gasteiger partial charge on any atom is 0.273 e. The summed E-state index contributed by atoms with van der Waals surface area (Å²) >= 11 is 0. The third kappa shape index (κ3) is 4.76. The van der Waals surface area contributed by atoms with Crippen LogP contribution in [0.5, 0.6) is 5.75 Å². The van der Waals surface area contributed by atoms with Crippen molar-refractivity contribution in [2.75, 3.05) is 13.1 Å². The van der Waals surface area contributed by atoms with Gasteiger partial charge in [0.2, 0.25) is 0 Å². The maximum atomic E-state index is 12.1. The molecule has 0 saturated carbocycles. The van der Waals surface area contributed by atoms with Crippen molar-refractivity contribution in [1.82, 2.24) is 15.8 Å². The highest BCUT2D eigenvalue weighted by Gasteiger charge is 2.13. The molecule has 144 valence electrons. The van der Waals surface area contributed by atoms with E-state index in [9.17, 15) is 14.7 Å². The second-order valence-electron chi connectivity index (χ2n) is 6.31. The fourth-order valence-corrected chi connectivity index (χ4v) is 2.56. The summed E-state index contributed by atoms with van der Waals surface area (Å²) in [5.41, 5.74) is 2.16. The average Bonchev–Trinajstić information content (AvgIpc) is 3.20. The second-order valence-corrected chi connectivity index (χ2v) is 6.31. The lowest BCUT2D eigenvalue weighted by atomic mass is 10.1. The highest BCUT2D eigenvalue weighted by atomic mass is 16.5. The number of aryl methyl sites for hydroxylation is 1. The van der Waals surface area contributed by atoms with Gasteiger partial charge in [0, 0.05) is 30.3 Å². The molecule has 3 N–H and O–H groups in total. The van der Waals surface area contributed by atoms with E-state index >= 15 is 0 Å². The van der Waals surface area contributed by atoms with Crippen molar-refractivity contribution in [2.45, 2.75) is 13.3 Å². The van der Waals surface area contributed by atoms with Gasteiger partial charge in [-0.25, -0.2) is 0 Å². The Morgan fingerprint density at radius 3 is 2.43 bits per heavy atom. The number of rotatable bonds is 7. The van der Waals surface area contributed by atoms with Crippen molar-refractivity contribution in [3.8, 4) is 17.1 Å². The number of amides is 2. The lowest BCUT2D eigenvalue weighted by molar-refractivity contribution is 0.0944. The van der Waals surface area contributed by atoms with E-state index in [4.69, 9.17) is 4.52 Å². The fraction of sp³-hybridized carbons (Fsp3) is 0.190. The van der Waals surface area contributed by atoms with E-state index in [1.807, 2.05) is 30.3 Å². The number of nitrogens with one attached hydrogen (secondary N) is 2. The van der Waals surface area contributed by atoms with Gasteiger partial charge in [-0.05, 0) is 31.0 Å². The van der Waals surface area contributed by atoms with Crippen molar-refractivity contribution >= 4 is 11.8 Å². The van der Waals surface area contributed by atoms with Gasteiger partial charge in [0.1, 0.15) is 5.75 Å². The fourth-order valence-electron chi connectivity index (χ4n) is 2.56. The van der Waals surface area contributed by atoms with Crippen molar-refractivity contribution in [3.05, 3.63) is 71.4 Å². The van der Waals surface area contributed by atoms with Gasteiger partial charge in [0.25, 0.3) is 11.8 Å². The Morgan fingerprint density at radius 1 is 1.00 bits per heavy atom. The number of hydrogen-bond donors (Lipinski definition) is 3. The maximum absolute atomic E-state index is 12.1. The third-order valence-corrected chi connectivity index (χ3v) is 4.20. The molecule has 2 amide bonds. The zero-order chi connectivity index (χ0) is 19.9. The lowest BCUT2D eigenvalue weighted by Crippen LogP contribution is -2.30. The molecule has 7 heteroatoms. The molecule has 3 rings (SSSR count). The average molecular weight is 379 g/mol. The van der Waals surface area contributed by atoms with Crippen LogP contribution in [0.3, 0.4) is 0 Å². The molecule has 0 fully saturated rings. The third-order valence-electron chi connectivity index (χ3n) is 4.20. The summed E-state index contributed by atoms with van der Waals surface area (Å²) < 4.78 is 5.21. The first-order valence-corrected chi connectivity index (χ1v) is 8.93. The quantitative estimate of drug-likeness (QED) is 0.548. The number of hydrogen-bond acceptors (Lipinski definition) is 5. The number of benzene rings is 2. The van der Waals surface area contributed by atoms with Crippen LogP contribution >= 0.6 is 0 Å². The molecule has 7 nitrogen and oxygen atoms in total. The van der Waals surface area contributed by atoms with Crippen molar-refractivity contribution in [1.29, 1.82) is 0 Å². The molecule has 2 aromatic carbocycles. The van der Waals surface area contributed by atoms with Gasteiger partial charge in [0.05, 0.1) is 0 Å². The van der Waals surface area contributed by atoms with E-state index in [-0.39, 0.29) is 23.3 Å². The number of aromatic nitrogens is 1. The zero-order valence-corrected chi connectivity index (χ0v) is 15.4. The SMILES string of the molecule is Cc1ccc(C(=O)NCCCNC(=O)c2cc(-c3ccccc3)on2)cc1O. The van der Waals surface area contributed by atoms with E-state index in [0.29, 0.717) is 36.4 Å². The van der Waals surface area contributed by atoms with Gasteiger partial charge in [-0.15, -0.1) is 0 Å². The number of carbonyl (C=O) groups excluding carboxylic acids is 2. The Balaban J connectivity index is 1.41. The molecule has 0 bridgehead atoms. The van der Waals surface area contributed by atoms with E-state index in [1.165, 1.54) is 6.07 Å². The van der Waals surface area contributed by atoms with Gasteiger partial charge in [-0.3, -0.25) is 9.59 Å². The molecule has 0 radical (unpaired) electrons. The molecular weight excluding hydrogens is 358 g/mol. The van der Waals surface area contributed by atoms with Crippen LogP contribution in [0.1, 0.15) is 32.8 Å². The molecule has 1 aromatic heterocycles. The van der Waals surface area contributed by atoms with Gasteiger partial charge in [0.15, 0.2) is 11.5 Å². The Kier molecular flexibility index (Phi) is 6.06. The number of nitrogens with zero attached hydrogens (tertiary/aromatic N) is 1. The number of carbonyl (C=O) groups is 2. The van der Waals surface area contributed by atoms with E-state index < -0.39 is 0 Å². The Morgan fingerprint density at radius 2 is 1.71 bits per heavy atom. The van der Waals surface area contributed by atoms with Crippen LogP contribution in [0, 0.1) is 6.92 Å². The molecule has 28 heavy (non-hydrogen) atoms. The normalized spacial score (nSPS) is 10.5. The summed E-state index contributed by atoms with van der Waals surface area (Å²) in [6.07, 6.45) is 0.554. The summed E-state index contributed by atoms with van der Waals surface area (Å²) in [7, 11) is 0. The van der Waals surface area contributed by atoms with Crippen molar-refractivity contribution in [2.24, 2.45) is 0 Å². The van der Waals surface area contributed by atoms with Crippen LogP contribution in [-0.2, 0) is 0 Å². The summed E-state index contributed by atoms with van der Waals surface area (Å²) in [4.78, 5) is 24.2. The molecule has 0 spiro atoms. The van der Waals surface area contributed by atoms with Crippen LogP contribution < -0.4 is 10.6 Å². The molecule has 0 aliphatic rings. The second kappa shape index (κ2) is 8.85. The van der Waals surface area contributed by atoms with E-state index in [2.05, 4.69) is 15.8 Å². The molecular formula is C21H21N3O4. The van der Waals surface area contributed by atoms with Gasteiger partial charge in [-0.1, -0.05) is 41.6 Å². The monoisotopic (exact) mass is 379 g/mol. The summed E-state index contributed by atoms with van der Waals surface area (Å²) in [6, 6.07) is 15.8. The Hall–Kier alpha value is -3.61. The van der Waals surface area contributed by atoms with Crippen LogP contribution in [0.2, 0.25) is 0 Å². The number of phenols is 1. The summed E-state index contributed by atoms with van der Waals surface area (Å²) in [6.45, 7) is 2.53. The molecule has 0 saturated heterocycles. The summed E-state index contributed by atoms with van der Waals surface area (Å²) in [5.74, 6) is 0.00751. The molecule has 0 unspecified atom stereocenters. The van der Waals surface area contributed by atoms with Gasteiger partial charge in [-0.2, -0.15) is 0 Å². The van der Waals surface area contributed by atoms with E-state index in [0.717, 1.165) is 5.56 Å². The smallest absolute Gasteiger partial charge is 0.273 e. The number of aromatic hydroxyl groups is 1. The first kappa shape index (κ1) is 19.2. The van der Waals surface area contributed by atoms with Gasteiger partial charge >= 0.3 is 0 Å². The molecule has 0 aliphatic carbocycles. The first-order valence-electron chi connectivity index (χ1n) is 8.93. The minimum absolute atomic E-state index is 0.0856. The minimum Gasteiger partial charge on any atom is -0.508 e. The molecule has 0 aliphatic heterocycles. The summed E-state index contributed by atoms with van der Waals surface area (Å²) in [5, 5.41) is 18.9. The number of phenolic OH excluding ortho intramolecular Hbond substituents is 1. The molecule has 3 aromatic rings. The molecule has 0 atom stereocenters. The highest BCUT2D eigenvalue weighted by molar-refractivity contribution is 5.94. The van der Waals surface area contributed by atoms with Crippen LogP contribution in [-0.4, -0.2) is 35.2 Å². The van der Waals surface area contributed by atoms with Crippen molar-refractivity contribution < 1.29 is 19.2 Å². The molecule has 1 heterocycles. The first-order chi connectivity index (χ1) is 13.5. The van der Waals surface area contributed by atoms with E-state index in [1.54, 1.807) is 25.1 Å². The van der Waals surface area contributed by atoms with Crippen LogP contribution in [0.4, 0.5) is 0 Å². The predicted molar refractivity (Wildman–Crippen MR) is 104 cm³/mol. The minimum atomic E-state index is -0.333. The zero-order valence-electron chi connectivity index (χ0n) is 15.4. The van der Waals surface area contributed by atoms with Crippen LogP contribution in [0.15, 0.2) is 59.1 Å². The predicted octanol–water partition coefficient (Wildman–Crippen LogP) is 2.91. The van der Waals surface area contributed by atoms with Gasteiger partial charge < -0.3 is 20.3 Å². The van der Waals surface area contributed by atoms with Crippen molar-refractivity contribution in [3.63, 3.8) is 0 Å². The highest BCUT2D eigenvalue weighted by Crippen LogP contribution is 2.19. The lowest BCUT2D eigenvalue weighted by Gasteiger charge is -2.07. The van der Waals surface area contributed by atoms with Crippen LogP contribution in [0.25, 0.3) is 11.3 Å².